The summed E-state index contributed by atoms with van der Waals surface area (Å²) < 4.78 is 34.0. The van der Waals surface area contributed by atoms with Gasteiger partial charge in [0.25, 0.3) is 5.24 Å². The van der Waals surface area contributed by atoms with Crippen molar-refractivity contribution in [3.63, 3.8) is 0 Å². The summed E-state index contributed by atoms with van der Waals surface area (Å²) >= 11 is 5.20. The second kappa shape index (κ2) is 12.0. The third-order valence-electron chi connectivity index (χ3n) is 2.82. The Morgan fingerprint density at radius 3 is 1.54 bits per heavy atom. The van der Waals surface area contributed by atoms with E-state index < -0.39 is 26.3 Å². The molecule has 2 aromatic carbocycles. The molecule has 10 heteroatoms. The molecule has 0 radical (unpaired) electrons. The predicted octanol–water partition coefficient (Wildman–Crippen LogP) is 5.39. The molecule has 0 saturated heterocycles. The Morgan fingerprint density at radius 1 is 0.923 bits per heavy atom. The number of benzene rings is 2. The highest BCUT2D eigenvalue weighted by atomic mass is 36.0. The van der Waals surface area contributed by atoms with E-state index in [1.165, 1.54) is 30.3 Å². The fourth-order valence-corrected chi connectivity index (χ4v) is 1.93. The zero-order chi connectivity index (χ0) is 20.4. The van der Waals surface area contributed by atoms with E-state index >= 15 is 0 Å². The molecule has 1 N–H and O–H groups in total. The van der Waals surface area contributed by atoms with E-state index in [0.29, 0.717) is 16.7 Å². The maximum atomic E-state index is 12.5. The molecule has 2 rings (SSSR count). The number of aryl methyl sites for hydroxylation is 2. The van der Waals surface area contributed by atoms with Crippen molar-refractivity contribution >= 4 is 53.4 Å². The summed E-state index contributed by atoms with van der Waals surface area (Å²) in [5.74, 6) is -1.79. The molecule has 0 aromatic heterocycles. The molecule has 0 bridgehead atoms. The number of aromatic carboxylic acids is 1. The molecule has 0 unspecified atom stereocenters. The molecule has 4 nitrogen and oxygen atoms in total. The van der Waals surface area contributed by atoms with Gasteiger partial charge in [0, 0.05) is 26.9 Å². The number of carbonyl (C=O) groups excluding carboxylic acids is 1. The Morgan fingerprint density at radius 2 is 1.27 bits per heavy atom. The van der Waals surface area contributed by atoms with Crippen molar-refractivity contribution < 1.29 is 27.7 Å². The summed E-state index contributed by atoms with van der Waals surface area (Å²) in [5, 5.41) is 7.98. The normalized spacial score (nSPS) is 9.54. The molecule has 0 saturated carbocycles. The standard InChI is InChI=1S/C8H6ClFO.C8H7FO2.Cl2OS/c1-5-4-6(10)2-3-7(5)8(9)11;1-5-4-6(9)2-3-7(5)8(10)11;1-4(2)3/h2-4H,1H3;2-4H,1H3,(H,10,11);. The Kier molecular flexibility index (Phi) is 11.2. The van der Waals surface area contributed by atoms with Gasteiger partial charge in [0.2, 0.25) is 9.23 Å². The van der Waals surface area contributed by atoms with Crippen LogP contribution in [0.25, 0.3) is 0 Å². The zero-order valence-corrected chi connectivity index (χ0v) is 16.5. The predicted molar refractivity (Wildman–Crippen MR) is 99.3 cm³/mol. The molecule has 0 heterocycles. The van der Waals surface area contributed by atoms with Crippen LogP contribution in [0.4, 0.5) is 8.78 Å². The minimum Gasteiger partial charge on any atom is -0.478 e. The number of carboxylic acid groups (broad SMARTS) is 1. The summed E-state index contributed by atoms with van der Waals surface area (Å²) in [4.78, 5) is 21.0. The maximum Gasteiger partial charge on any atom is 0.335 e. The first kappa shape index (κ1) is 24.5. The van der Waals surface area contributed by atoms with Crippen LogP contribution < -0.4 is 0 Å². The van der Waals surface area contributed by atoms with Crippen molar-refractivity contribution in [1.82, 2.24) is 0 Å². The Labute approximate surface area is 165 Å². The Bertz CT molecular complexity index is 751. The first-order valence-electron chi connectivity index (χ1n) is 6.65. The molecule has 26 heavy (non-hydrogen) atoms. The Balaban J connectivity index is 0.000000401. The molecule has 0 spiro atoms. The number of halogens is 5. The zero-order valence-electron chi connectivity index (χ0n) is 13.4. The number of hydrogen-bond acceptors (Lipinski definition) is 3. The smallest absolute Gasteiger partial charge is 0.335 e. The molecule has 0 aliphatic carbocycles. The molecule has 2 aromatic rings. The third kappa shape index (κ3) is 9.82. The SMILES string of the molecule is Cc1cc(F)ccc1C(=O)Cl.Cc1cc(F)ccc1C(=O)O.O=S(Cl)Cl. The van der Waals surface area contributed by atoms with Crippen molar-refractivity contribution in [3.8, 4) is 0 Å². The minimum atomic E-state index is -1.67. The van der Waals surface area contributed by atoms with Gasteiger partial charge in [0.05, 0.1) is 5.56 Å². The Hall–Kier alpha value is -1.54. The van der Waals surface area contributed by atoms with E-state index in [0.717, 1.165) is 6.07 Å². The van der Waals surface area contributed by atoms with E-state index in [2.05, 4.69) is 21.4 Å². The third-order valence-corrected chi connectivity index (χ3v) is 3.02. The van der Waals surface area contributed by atoms with Crippen molar-refractivity contribution in [1.29, 1.82) is 0 Å². The fourth-order valence-electron chi connectivity index (χ4n) is 1.71. The summed E-state index contributed by atoms with van der Waals surface area (Å²) in [7, 11) is 7.36. The second-order valence-electron chi connectivity index (χ2n) is 4.68. The lowest BCUT2D eigenvalue weighted by atomic mass is 10.1. The van der Waals surface area contributed by atoms with Crippen molar-refractivity contribution in [2.75, 3.05) is 0 Å². The van der Waals surface area contributed by atoms with Gasteiger partial charge in [-0.3, -0.25) is 4.79 Å². The summed E-state index contributed by atoms with van der Waals surface area (Å²) in [5.41, 5.74) is 1.50. The highest BCUT2D eigenvalue weighted by Gasteiger charge is 2.06. The van der Waals surface area contributed by atoms with E-state index in [1.54, 1.807) is 13.8 Å². The van der Waals surface area contributed by atoms with Crippen LogP contribution in [0.5, 0.6) is 0 Å². The fraction of sp³-hybridized carbons (Fsp3) is 0.125. The highest BCUT2D eigenvalue weighted by molar-refractivity contribution is 8.26. The molecular formula is C16H13Cl3F2O4S. The molecule has 0 fully saturated rings. The van der Waals surface area contributed by atoms with Crippen molar-refractivity contribution in [2.24, 2.45) is 0 Å². The number of carbonyl (C=O) groups is 2. The van der Waals surface area contributed by atoms with E-state index in [4.69, 9.17) is 20.9 Å². The average Bonchev–Trinajstić information content (AvgIpc) is 2.46. The van der Waals surface area contributed by atoms with Crippen LogP contribution in [-0.4, -0.2) is 20.5 Å². The molecular weight excluding hydrogens is 433 g/mol. The molecule has 0 aliphatic heterocycles. The second-order valence-corrected chi connectivity index (χ2v) is 7.55. The molecule has 0 aliphatic rings. The summed E-state index contributed by atoms with van der Waals surface area (Å²) in [6.07, 6.45) is 0. The lowest BCUT2D eigenvalue weighted by molar-refractivity contribution is 0.0696. The lowest BCUT2D eigenvalue weighted by Gasteiger charge is -1.98. The highest BCUT2D eigenvalue weighted by Crippen LogP contribution is 2.12. The van der Waals surface area contributed by atoms with Gasteiger partial charge in [-0.05, 0) is 73.0 Å². The monoisotopic (exact) mass is 444 g/mol. The quantitative estimate of drug-likeness (QED) is 0.629. The van der Waals surface area contributed by atoms with Crippen LogP contribution in [0.1, 0.15) is 31.8 Å². The van der Waals surface area contributed by atoms with Crippen LogP contribution >= 0.6 is 33.0 Å². The van der Waals surface area contributed by atoms with Crippen LogP contribution in [0.2, 0.25) is 0 Å². The van der Waals surface area contributed by atoms with E-state index in [9.17, 15) is 18.4 Å². The average molecular weight is 446 g/mol. The van der Waals surface area contributed by atoms with Gasteiger partial charge < -0.3 is 5.11 Å². The van der Waals surface area contributed by atoms with Gasteiger partial charge >= 0.3 is 5.97 Å². The van der Waals surface area contributed by atoms with Gasteiger partial charge in [0.15, 0.2) is 0 Å². The molecule has 142 valence electrons. The van der Waals surface area contributed by atoms with Gasteiger partial charge in [-0.25, -0.2) is 17.8 Å². The van der Waals surface area contributed by atoms with E-state index in [-0.39, 0.29) is 11.4 Å². The minimum absolute atomic E-state index is 0.145. The van der Waals surface area contributed by atoms with Crippen molar-refractivity contribution in [3.05, 3.63) is 70.3 Å². The van der Waals surface area contributed by atoms with Gasteiger partial charge in [-0.1, -0.05) is 0 Å². The first-order valence-corrected chi connectivity index (χ1v) is 9.83. The van der Waals surface area contributed by atoms with E-state index in [1.807, 2.05) is 0 Å². The topological polar surface area (TPSA) is 71.4 Å². The molecule has 0 atom stereocenters. The lowest BCUT2D eigenvalue weighted by Crippen LogP contribution is -1.99. The van der Waals surface area contributed by atoms with Crippen LogP contribution in [-0.2, 0) is 9.23 Å². The van der Waals surface area contributed by atoms with Crippen LogP contribution in [0, 0.1) is 25.5 Å². The largest absolute Gasteiger partial charge is 0.478 e. The van der Waals surface area contributed by atoms with Crippen LogP contribution in [0.3, 0.4) is 0 Å². The number of hydrogen-bond donors (Lipinski definition) is 1. The summed E-state index contributed by atoms with van der Waals surface area (Å²) in [6.45, 7) is 3.20. The van der Waals surface area contributed by atoms with Crippen molar-refractivity contribution in [2.45, 2.75) is 13.8 Å². The first-order chi connectivity index (χ1) is 12.0. The number of carboxylic acids is 1. The van der Waals surface area contributed by atoms with Crippen LogP contribution in [0.15, 0.2) is 36.4 Å². The molecule has 0 amide bonds. The van der Waals surface area contributed by atoms with Gasteiger partial charge in [-0.15, -0.1) is 0 Å². The van der Waals surface area contributed by atoms with Gasteiger partial charge in [0.1, 0.15) is 11.6 Å². The summed E-state index contributed by atoms with van der Waals surface area (Å²) in [6, 6.07) is 7.45. The van der Waals surface area contributed by atoms with Gasteiger partial charge in [-0.2, -0.15) is 0 Å². The maximum absolute atomic E-state index is 12.5. The number of rotatable bonds is 2.